The normalized spacial score (nSPS) is 10.9. The van der Waals surface area contributed by atoms with Gasteiger partial charge in [0.2, 0.25) is 5.89 Å². The van der Waals surface area contributed by atoms with Crippen molar-refractivity contribution in [2.24, 2.45) is 0 Å². The van der Waals surface area contributed by atoms with Gasteiger partial charge in [-0.05, 0) is 24.3 Å². The van der Waals surface area contributed by atoms with Crippen molar-refractivity contribution in [2.75, 3.05) is 5.32 Å². The lowest BCUT2D eigenvalue weighted by molar-refractivity contribution is 0.460. The lowest BCUT2D eigenvalue weighted by atomic mass is 10.3. The van der Waals surface area contributed by atoms with Crippen LogP contribution >= 0.6 is 23.2 Å². The van der Waals surface area contributed by atoms with Crippen LogP contribution in [0.3, 0.4) is 0 Å². The Morgan fingerprint density at radius 1 is 1.14 bits per heavy atom. The molecule has 4 rings (SSSR count). The van der Waals surface area contributed by atoms with Crippen LogP contribution in [0.2, 0.25) is 10.0 Å². The average Bonchev–Trinajstić information content (AvgIpc) is 3.10. The van der Waals surface area contributed by atoms with Gasteiger partial charge in [0.25, 0.3) is 11.4 Å². The molecule has 0 radical (unpaired) electrons. The summed E-state index contributed by atoms with van der Waals surface area (Å²) in [5, 5.41) is 15.7. The molecule has 0 atom stereocenters. The highest BCUT2D eigenvalue weighted by atomic mass is 35.5. The molecular weight excluding hydrogens is 411 g/mol. The van der Waals surface area contributed by atoms with E-state index in [2.05, 4.69) is 30.7 Å². The first-order chi connectivity index (χ1) is 13.5. The number of hydrogen-bond donors (Lipinski definition) is 3. The number of anilines is 1. The quantitative estimate of drug-likeness (QED) is 0.447. The summed E-state index contributed by atoms with van der Waals surface area (Å²) in [6.45, 7) is 0.141. The van der Waals surface area contributed by atoms with Gasteiger partial charge in [0, 0.05) is 11.9 Å². The predicted octanol–water partition coefficient (Wildman–Crippen LogP) is 2.71. The van der Waals surface area contributed by atoms with E-state index in [9.17, 15) is 9.59 Å². The first-order valence-corrected chi connectivity index (χ1v) is 8.55. The van der Waals surface area contributed by atoms with Crippen LogP contribution < -0.4 is 21.4 Å². The molecule has 3 heterocycles. The summed E-state index contributed by atoms with van der Waals surface area (Å²) in [7, 11) is 0. The van der Waals surface area contributed by atoms with E-state index in [-0.39, 0.29) is 39.6 Å². The summed E-state index contributed by atoms with van der Waals surface area (Å²) in [6, 6.07) is 6.35. The van der Waals surface area contributed by atoms with Crippen molar-refractivity contribution in [1.82, 2.24) is 25.4 Å². The zero-order chi connectivity index (χ0) is 19.7. The third-order valence-electron chi connectivity index (χ3n) is 3.64. The molecule has 0 amide bonds. The molecule has 4 aromatic rings. The standard InChI is InChI=1S/C16H10Cl2N6O4/c17-9-4-7(20-6-11-21-24-16(26)27-11)5-10(18)13(9)28-15-12-8(2-1-3-19-12)14(25)22-23-15/h1-5,20H,6H2,(H,22,25)(H,24,26). The van der Waals surface area contributed by atoms with Gasteiger partial charge in [0.05, 0.1) is 22.0 Å². The van der Waals surface area contributed by atoms with Crippen molar-refractivity contribution in [3.8, 4) is 11.6 Å². The van der Waals surface area contributed by atoms with Crippen LogP contribution in [0.25, 0.3) is 10.9 Å². The average molecular weight is 421 g/mol. The fraction of sp³-hybridized carbons (Fsp3) is 0.0625. The number of H-pyrrole nitrogens is 2. The highest BCUT2D eigenvalue weighted by molar-refractivity contribution is 6.37. The van der Waals surface area contributed by atoms with E-state index in [1.807, 2.05) is 0 Å². The maximum atomic E-state index is 11.8. The topological polar surface area (TPSA) is 139 Å². The second-order valence-electron chi connectivity index (χ2n) is 5.49. The summed E-state index contributed by atoms with van der Waals surface area (Å²) in [5.41, 5.74) is 0.428. The van der Waals surface area contributed by atoms with Gasteiger partial charge in [-0.1, -0.05) is 23.2 Å². The molecule has 0 unspecified atom stereocenters. The number of nitrogens with zero attached hydrogens (tertiary/aromatic N) is 3. The van der Waals surface area contributed by atoms with Gasteiger partial charge in [-0.25, -0.2) is 15.0 Å². The van der Waals surface area contributed by atoms with Crippen LogP contribution in [0, 0.1) is 0 Å². The number of fused-ring (bicyclic) bond motifs is 1. The smallest absolute Gasteiger partial charge is 0.433 e. The number of aromatic amines is 2. The second kappa shape index (κ2) is 7.33. The van der Waals surface area contributed by atoms with E-state index in [4.69, 9.17) is 32.4 Å². The minimum Gasteiger partial charge on any atom is -0.433 e. The molecule has 3 N–H and O–H groups in total. The summed E-state index contributed by atoms with van der Waals surface area (Å²) in [6.07, 6.45) is 1.51. The van der Waals surface area contributed by atoms with Crippen molar-refractivity contribution >= 4 is 39.8 Å². The molecule has 28 heavy (non-hydrogen) atoms. The van der Waals surface area contributed by atoms with Crippen LogP contribution in [0.15, 0.2) is 44.5 Å². The van der Waals surface area contributed by atoms with Gasteiger partial charge in [0.1, 0.15) is 5.52 Å². The third kappa shape index (κ3) is 3.55. The van der Waals surface area contributed by atoms with Gasteiger partial charge < -0.3 is 14.5 Å². The van der Waals surface area contributed by atoms with Crippen molar-refractivity contribution < 1.29 is 9.15 Å². The van der Waals surface area contributed by atoms with E-state index in [0.29, 0.717) is 11.1 Å². The SMILES string of the molecule is O=c1[nH]nc(CNc2cc(Cl)c(Oc3n[nH]c(=O)c4cccnc34)c(Cl)c2)o1. The Morgan fingerprint density at radius 2 is 1.93 bits per heavy atom. The predicted molar refractivity (Wildman–Crippen MR) is 101 cm³/mol. The minimum atomic E-state index is -0.647. The van der Waals surface area contributed by atoms with Crippen LogP contribution in [-0.4, -0.2) is 25.4 Å². The highest BCUT2D eigenvalue weighted by Crippen LogP contribution is 2.39. The molecule has 0 fully saturated rings. The van der Waals surface area contributed by atoms with Crippen LogP contribution in [0.5, 0.6) is 11.6 Å². The van der Waals surface area contributed by atoms with Crippen molar-refractivity contribution in [2.45, 2.75) is 6.54 Å². The molecular formula is C16H10Cl2N6O4. The summed E-state index contributed by atoms with van der Waals surface area (Å²) in [4.78, 5) is 26.9. The second-order valence-corrected chi connectivity index (χ2v) is 6.30. The molecule has 0 spiro atoms. The molecule has 3 aromatic heterocycles. The minimum absolute atomic E-state index is 0.0537. The highest BCUT2D eigenvalue weighted by Gasteiger charge is 2.16. The number of ether oxygens (including phenoxy) is 1. The van der Waals surface area contributed by atoms with Gasteiger partial charge >= 0.3 is 5.76 Å². The third-order valence-corrected chi connectivity index (χ3v) is 4.20. The van der Waals surface area contributed by atoms with Gasteiger partial charge in [-0.2, -0.15) is 0 Å². The Kier molecular flexibility index (Phi) is 4.72. The van der Waals surface area contributed by atoms with Crippen molar-refractivity contribution in [3.63, 3.8) is 0 Å². The number of nitrogens with one attached hydrogen (secondary N) is 3. The van der Waals surface area contributed by atoms with Crippen molar-refractivity contribution in [3.05, 3.63) is 67.3 Å². The number of halogens is 2. The van der Waals surface area contributed by atoms with Crippen LogP contribution in [0.4, 0.5) is 5.69 Å². The van der Waals surface area contributed by atoms with E-state index in [1.165, 1.54) is 6.20 Å². The zero-order valence-electron chi connectivity index (χ0n) is 13.8. The van der Waals surface area contributed by atoms with Crippen LogP contribution in [-0.2, 0) is 6.54 Å². The van der Waals surface area contributed by atoms with Crippen LogP contribution in [0.1, 0.15) is 5.89 Å². The molecule has 0 aliphatic heterocycles. The molecule has 142 valence electrons. The number of rotatable bonds is 5. The summed E-state index contributed by atoms with van der Waals surface area (Å²) in [5.74, 6) is -0.275. The van der Waals surface area contributed by atoms with E-state index >= 15 is 0 Å². The maximum Gasteiger partial charge on any atom is 0.434 e. The molecule has 1 aromatic carbocycles. The molecule has 10 nitrogen and oxygen atoms in total. The summed E-state index contributed by atoms with van der Waals surface area (Å²) < 4.78 is 10.5. The number of pyridine rings is 1. The zero-order valence-corrected chi connectivity index (χ0v) is 15.3. The molecule has 0 saturated heterocycles. The Hall–Kier alpha value is -3.37. The first-order valence-electron chi connectivity index (χ1n) is 7.80. The number of benzene rings is 1. The largest absolute Gasteiger partial charge is 0.434 e. The Balaban J connectivity index is 1.62. The molecule has 0 aliphatic carbocycles. The monoisotopic (exact) mass is 420 g/mol. The van der Waals surface area contributed by atoms with E-state index in [0.717, 1.165) is 0 Å². The van der Waals surface area contributed by atoms with Gasteiger partial charge in [-0.3, -0.25) is 9.78 Å². The maximum absolute atomic E-state index is 11.8. The molecule has 0 bridgehead atoms. The van der Waals surface area contributed by atoms with E-state index in [1.54, 1.807) is 24.3 Å². The van der Waals surface area contributed by atoms with Gasteiger partial charge in [-0.15, -0.1) is 10.2 Å². The fourth-order valence-electron chi connectivity index (χ4n) is 2.41. The van der Waals surface area contributed by atoms with Crippen molar-refractivity contribution in [1.29, 1.82) is 0 Å². The lowest BCUT2D eigenvalue weighted by Crippen LogP contribution is -2.10. The Morgan fingerprint density at radius 3 is 2.64 bits per heavy atom. The Bertz CT molecular complexity index is 1260. The molecule has 0 saturated carbocycles. The number of aromatic nitrogens is 5. The molecule has 12 heteroatoms. The summed E-state index contributed by atoms with van der Waals surface area (Å²) >= 11 is 12.6. The first kappa shape index (κ1) is 18.0. The fourth-order valence-corrected chi connectivity index (χ4v) is 2.98. The molecule has 0 aliphatic rings. The van der Waals surface area contributed by atoms with Gasteiger partial charge in [0.15, 0.2) is 5.75 Å². The lowest BCUT2D eigenvalue weighted by Gasteiger charge is -2.12. The van der Waals surface area contributed by atoms with E-state index < -0.39 is 11.3 Å². The Labute approximate surface area is 165 Å². The number of hydrogen-bond acceptors (Lipinski definition) is 8.